The second-order valence-corrected chi connectivity index (χ2v) is 4.09. The Morgan fingerprint density at radius 3 is 2.69 bits per heavy atom. The zero-order valence-corrected chi connectivity index (χ0v) is 8.44. The number of hydrogen-bond acceptors (Lipinski definition) is 2. The molecule has 0 radical (unpaired) electrons. The number of aliphatic hydroxyl groups is 1. The Kier molecular flexibility index (Phi) is 2.14. The third-order valence-electron chi connectivity index (χ3n) is 2.29. The molecule has 4 heteroatoms. The maximum atomic E-state index is 13.5. The van der Waals surface area contributed by atoms with Crippen molar-refractivity contribution in [3.8, 4) is 0 Å². The molecule has 1 aromatic carbocycles. The van der Waals surface area contributed by atoms with Gasteiger partial charge in [-0.1, -0.05) is 12.1 Å². The van der Waals surface area contributed by atoms with Crippen LogP contribution in [0.2, 0.25) is 0 Å². The van der Waals surface area contributed by atoms with Crippen LogP contribution in [0.15, 0.2) is 22.7 Å². The van der Waals surface area contributed by atoms with Crippen LogP contribution in [0.1, 0.15) is 5.56 Å². The number of β-amino-alcohol motifs (C(OH)–C–C–N with tert-alkyl or cyclic N) is 1. The first-order chi connectivity index (χ1) is 6.13. The van der Waals surface area contributed by atoms with E-state index in [1.165, 1.54) is 0 Å². The number of rotatable bonds is 1. The summed E-state index contributed by atoms with van der Waals surface area (Å²) in [5.74, 6) is -0.369. The Morgan fingerprint density at radius 2 is 2.15 bits per heavy atom. The van der Waals surface area contributed by atoms with E-state index in [4.69, 9.17) is 0 Å². The summed E-state index contributed by atoms with van der Waals surface area (Å²) in [5, 5.41) is 12.8. The van der Waals surface area contributed by atoms with E-state index in [-0.39, 0.29) is 5.82 Å². The van der Waals surface area contributed by atoms with E-state index < -0.39 is 5.60 Å². The largest absolute Gasteiger partial charge is 0.382 e. The van der Waals surface area contributed by atoms with Gasteiger partial charge in [-0.05, 0) is 22.0 Å². The van der Waals surface area contributed by atoms with Crippen molar-refractivity contribution in [1.82, 2.24) is 5.32 Å². The summed E-state index contributed by atoms with van der Waals surface area (Å²) in [5.41, 5.74) is -0.658. The molecule has 70 valence electrons. The molecule has 0 atom stereocenters. The fourth-order valence-electron chi connectivity index (χ4n) is 1.42. The first-order valence-electron chi connectivity index (χ1n) is 4.01. The van der Waals surface area contributed by atoms with Gasteiger partial charge in [0, 0.05) is 18.7 Å². The van der Waals surface area contributed by atoms with Crippen LogP contribution >= 0.6 is 15.9 Å². The van der Waals surface area contributed by atoms with E-state index >= 15 is 0 Å². The molecule has 0 aliphatic carbocycles. The van der Waals surface area contributed by atoms with E-state index in [0.717, 1.165) is 0 Å². The molecule has 0 bridgehead atoms. The van der Waals surface area contributed by atoms with Gasteiger partial charge in [0.2, 0.25) is 0 Å². The Morgan fingerprint density at radius 1 is 1.46 bits per heavy atom. The highest BCUT2D eigenvalue weighted by atomic mass is 79.9. The van der Waals surface area contributed by atoms with Gasteiger partial charge in [0.25, 0.3) is 0 Å². The van der Waals surface area contributed by atoms with E-state index in [0.29, 0.717) is 23.1 Å². The molecule has 1 saturated heterocycles. The predicted octanol–water partition coefficient (Wildman–Crippen LogP) is 1.38. The summed E-state index contributed by atoms with van der Waals surface area (Å²) in [6, 6.07) is 4.95. The summed E-state index contributed by atoms with van der Waals surface area (Å²) in [6.07, 6.45) is 0. The van der Waals surface area contributed by atoms with Crippen molar-refractivity contribution in [3.63, 3.8) is 0 Å². The molecule has 2 nitrogen and oxygen atoms in total. The third-order valence-corrected chi connectivity index (χ3v) is 2.90. The van der Waals surface area contributed by atoms with Crippen molar-refractivity contribution in [2.75, 3.05) is 13.1 Å². The van der Waals surface area contributed by atoms with Gasteiger partial charge < -0.3 is 10.4 Å². The Bertz CT molecular complexity index is 338. The van der Waals surface area contributed by atoms with Gasteiger partial charge in [-0.25, -0.2) is 4.39 Å². The average Bonchev–Trinajstić information content (AvgIpc) is 2.06. The number of hydrogen-bond donors (Lipinski definition) is 2. The first kappa shape index (κ1) is 9.12. The highest BCUT2D eigenvalue weighted by Crippen LogP contribution is 2.30. The summed E-state index contributed by atoms with van der Waals surface area (Å²) in [4.78, 5) is 0. The van der Waals surface area contributed by atoms with Crippen LogP contribution in [0.4, 0.5) is 4.39 Å². The summed E-state index contributed by atoms with van der Waals surface area (Å²) in [6.45, 7) is 0.834. The highest BCUT2D eigenvalue weighted by Gasteiger charge is 2.38. The lowest BCUT2D eigenvalue weighted by molar-refractivity contribution is -0.0177. The zero-order valence-electron chi connectivity index (χ0n) is 6.85. The fraction of sp³-hybridized carbons (Fsp3) is 0.333. The van der Waals surface area contributed by atoms with Crippen LogP contribution in [-0.2, 0) is 5.60 Å². The third kappa shape index (κ3) is 1.39. The second kappa shape index (κ2) is 3.04. The molecule has 1 aliphatic heterocycles. The van der Waals surface area contributed by atoms with E-state index in [9.17, 15) is 9.50 Å². The highest BCUT2D eigenvalue weighted by molar-refractivity contribution is 9.10. The number of benzene rings is 1. The quantitative estimate of drug-likeness (QED) is 0.784. The second-order valence-electron chi connectivity index (χ2n) is 3.24. The maximum absolute atomic E-state index is 13.5. The molecule has 1 heterocycles. The lowest BCUT2D eigenvalue weighted by atomic mass is 9.88. The lowest BCUT2D eigenvalue weighted by Gasteiger charge is -2.38. The zero-order chi connectivity index (χ0) is 9.47. The standard InChI is InChI=1S/C9H9BrFNO/c10-7-3-1-2-6(8(7)11)9(13)4-12-5-9/h1-3,12-13H,4-5H2. The van der Waals surface area contributed by atoms with Crippen molar-refractivity contribution < 1.29 is 9.50 Å². The molecule has 0 unspecified atom stereocenters. The average molecular weight is 246 g/mol. The van der Waals surface area contributed by atoms with Gasteiger partial charge in [0.05, 0.1) is 4.47 Å². The molecule has 2 rings (SSSR count). The van der Waals surface area contributed by atoms with Crippen LogP contribution in [-0.4, -0.2) is 18.2 Å². The molecule has 13 heavy (non-hydrogen) atoms. The smallest absolute Gasteiger partial charge is 0.143 e. The van der Waals surface area contributed by atoms with E-state index in [1.54, 1.807) is 18.2 Å². The lowest BCUT2D eigenvalue weighted by Crippen LogP contribution is -2.57. The molecule has 0 saturated carbocycles. The van der Waals surface area contributed by atoms with Gasteiger partial charge in [-0.15, -0.1) is 0 Å². The molecular weight excluding hydrogens is 237 g/mol. The minimum Gasteiger partial charge on any atom is -0.382 e. The van der Waals surface area contributed by atoms with Gasteiger partial charge in [-0.2, -0.15) is 0 Å². The van der Waals surface area contributed by atoms with Crippen LogP contribution in [0, 0.1) is 5.82 Å². The topological polar surface area (TPSA) is 32.3 Å². The molecule has 1 aromatic rings. The Hall–Kier alpha value is -0.450. The van der Waals surface area contributed by atoms with Crippen LogP contribution in [0.25, 0.3) is 0 Å². The minimum atomic E-state index is -1.02. The molecule has 2 N–H and O–H groups in total. The van der Waals surface area contributed by atoms with Crippen molar-refractivity contribution in [2.45, 2.75) is 5.60 Å². The Balaban J connectivity index is 2.45. The van der Waals surface area contributed by atoms with Gasteiger partial charge >= 0.3 is 0 Å². The van der Waals surface area contributed by atoms with Crippen LogP contribution in [0.3, 0.4) is 0 Å². The summed E-state index contributed by atoms with van der Waals surface area (Å²) in [7, 11) is 0. The van der Waals surface area contributed by atoms with Crippen molar-refractivity contribution >= 4 is 15.9 Å². The van der Waals surface area contributed by atoms with Crippen molar-refractivity contribution in [1.29, 1.82) is 0 Å². The number of halogens is 2. The molecule has 0 amide bonds. The predicted molar refractivity (Wildman–Crippen MR) is 50.9 cm³/mol. The van der Waals surface area contributed by atoms with E-state index in [2.05, 4.69) is 21.2 Å². The normalized spacial score (nSPS) is 19.6. The SMILES string of the molecule is OC1(c2cccc(Br)c2F)CNC1. The molecule has 0 aromatic heterocycles. The molecule has 0 spiro atoms. The van der Waals surface area contributed by atoms with Crippen LogP contribution in [0.5, 0.6) is 0 Å². The molecular formula is C9H9BrFNO. The van der Waals surface area contributed by atoms with Crippen molar-refractivity contribution in [2.24, 2.45) is 0 Å². The monoisotopic (exact) mass is 245 g/mol. The van der Waals surface area contributed by atoms with Crippen molar-refractivity contribution in [3.05, 3.63) is 34.1 Å². The Labute approximate surface area is 83.9 Å². The summed E-state index contributed by atoms with van der Waals surface area (Å²) < 4.78 is 13.9. The number of nitrogens with one attached hydrogen (secondary N) is 1. The molecule has 1 aliphatic rings. The maximum Gasteiger partial charge on any atom is 0.143 e. The summed E-state index contributed by atoms with van der Waals surface area (Å²) >= 11 is 3.09. The van der Waals surface area contributed by atoms with E-state index in [1.807, 2.05) is 0 Å². The van der Waals surface area contributed by atoms with Gasteiger partial charge in [-0.3, -0.25) is 0 Å². The van der Waals surface area contributed by atoms with Gasteiger partial charge in [0.1, 0.15) is 11.4 Å². The first-order valence-corrected chi connectivity index (χ1v) is 4.80. The van der Waals surface area contributed by atoms with Crippen LogP contribution < -0.4 is 5.32 Å². The molecule has 1 fully saturated rings. The van der Waals surface area contributed by atoms with Gasteiger partial charge in [0.15, 0.2) is 0 Å². The minimum absolute atomic E-state index is 0.362. The fourth-order valence-corrected chi connectivity index (χ4v) is 1.78.